The van der Waals surface area contributed by atoms with Crippen molar-refractivity contribution in [3.05, 3.63) is 54.2 Å². The van der Waals surface area contributed by atoms with Crippen LogP contribution in [0.4, 0.5) is 0 Å². The average Bonchev–Trinajstić information content (AvgIpc) is 2.30. The molecule has 2 aromatic rings. The summed E-state index contributed by atoms with van der Waals surface area (Å²) in [5, 5.41) is 8.20. The molecule has 0 aliphatic heterocycles. The Labute approximate surface area is 98.2 Å². The van der Waals surface area contributed by atoms with Gasteiger partial charge in [0.05, 0.1) is 0 Å². The molecule has 1 aromatic carbocycles. The van der Waals surface area contributed by atoms with E-state index >= 15 is 0 Å². The van der Waals surface area contributed by atoms with Crippen molar-refractivity contribution in [3.63, 3.8) is 0 Å². The zero-order chi connectivity index (χ0) is 11.4. The number of pyridine rings is 1. The molecule has 0 aliphatic rings. The first-order valence-electron chi connectivity index (χ1n) is 4.79. The maximum absolute atomic E-state index is 7.35. The zero-order valence-electron chi connectivity index (χ0n) is 8.55. The maximum Gasteiger partial charge on any atom is 0.122 e. The Bertz CT molecular complexity index is 497. The highest BCUT2D eigenvalue weighted by Gasteiger charge is 2.01. The average molecular weight is 229 g/mol. The fourth-order valence-electron chi connectivity index (χ4n) is 1.24. The van der Waals surface area contributed by atoms with Crippen LogP contribution in [0.5, 0.6) is 0 Å². The molecule has 1 aromatic heterocycles. The Kier molecular flexibility index (Phi) is 3.22. The molecule has 0 saturated heterocycles. The lowest BCUT2D eigenvalue weighted by Gasteiger charge is -2.02. The van der Waals surface area contributed by atoms with Crippen LogP contribution < -0.4 is 5.73 Å². The number of nitrogens with zero attached hydrogens (tertiary/aromatic N) is 1. The molecule has 0 bridgehead atoms. The van der Waals surface area contributed by atoms with Gasteiger partial charge in [0.2, 0.25) is 0 Å². The van der Waals surface area contributed by atoms with Gasteiger partial charge < -0.3 is 5.73 Å². The quantitative estimate of drug-likeness (QED) is 0.628. The first-order valence-corrected chi connectivity index (χ1v) is 5.61. The maximum atomic E-state index is 7.35. The van der Waals surface area contributed by atoms with Crippen molar-refractivity contribution in [2.24, 2.45) is 5.73 Å². The van der Waals surface area contributed by atoms with Crippen molar-refractivity contribution in [2.75, 3.05) is 0 Å². The molecule has 0 atom stereocenters. The van der Waals surface area contributed by atoms with Crippen molar-refractivity contribution < 1.29 is 0 Å². The largest absolute Gasteiger partial charge is 0.384 e. The molecule has 16 heavy (non-hydrogen) atoms. The van der Waals surface area contributed by atoms with E-state index in [1.807, 2.05) is 36.4 Å². The third-order valence-corrected chi connectivity index (χ3v) is 2.95. The second kappa shape index (κ2) is 4.81. The molecule has 1 heterocycles. The van der Waals surface area contributed by atoms with Crippen molar-refractivity contribution in [3.8, 4) is 0 Å². The number of nitrogens with two attached hydrogens (primary N) is 1. The van der Waals surface area contributed by atoms with Crippen molar-refractivity contribution in [1.29, 1.82) is 5.41 Å². The summed E-state index contributed by atoms with van der Waals surface area (Å²) in [6, 6.07) is 13.5. The van der Waals surface area contributed by atoms with Crippen LogP contribution in [0.15, 0.2) is 58.6 Å². The smallest absolute Gasteiger partial charge is 0.122 e. The van der Waals surface area contributed by atoms with Crippen molar-refractivity contribution >= 4 is 17.6 Å². The second-order valence-electron chi connectivity index (χ2n) is 3.21. The van der Waals surface area contributed by atoms with Gasteiger partial charge in [0, 0.05) is 16.7 Å². The summed E-state index contributed by atoms with van der Waals surface area (Å²) in [5.41, 5.74) is 6.12. The monoisotopic (exact) mass is 229 g/mol. The second-order valence-corrected chi connectivity index (χ2v) is 4.31. The molecule has 0 saturated carbocycles. The van der Waals surface area contributed by atoms with Crippen molar-refractivity contribution in [2.45, 2.75) is 9.92 Å². The van der Waals surface area contributed by atoms with E-state index in [4.69, 9.17) is 11.1 Å². The number of nitrogens with one attached hydrogen (secondary N) is 1. The number of benzene rings is 1. The van der Waals surface area contributed by atoms with E-state index in [0.29, 0.717) is 5.56 Å². The summed E-state index contributed by atoms with van der Waals surface area (Å²) in [5.74, 6) is 0.0670. The van der Waals surface area contributed by atoms with E-state index in [2.05, 4.69) is 4.98 Å². The first-order chi connectivity index (χ1) is 7.75. The lowest BCUT2D eigenvalue weighted by molar-refractivity contribution is 1.12. The summed E-state index contributed by atoms with van der Waals surface area (Å²) >= 11 is 1.56. The number of hydrogen-bond donors (Lipinski definition) is 2. The lowest BCUT2D eigenvalue weighted by Crippen LogP contribution is -2.10. The molecular formula is C12H11N3S. The van der Waals surface area contributed by atoms with Gasteiger partial charge in [-0.25, -0.2) is 4.98 Å². The molecular weight excluding hydrogens is 218 g/mol. The molecule has 0 aliphatic carbocycles. The molecule has 0 amide bonds. The van der Waals surface area contributed by atoms with E-state index in [9.17, 15) is 0 Å². The van der Waals surface area contributed by atoms with Gasteiger partial charge >= 0.3 is 0 Å². The van der Waals surface area contributed by atoms with E-state index in [1.165, 1.54) is 0 Å². The van der Waals surface area contributed by atoms with Gasteiger partial charge in [-0.15, -0.1) is 0 Å². The fraction of sp³-hybridized carbons (Fsp3) is 0. The number of rotatable bonds is 3. The van der Waals surface area contributed by atoms with Crippen LogP contribution >= 0.6 is 11.8 Å². The van der Waals surface area contributed by atoms with Gasteiger partial charge in [-0.05, 0) is 24.3 Å². The predicted molar refractivity (Wildman–Crippen MR) is 65.8 cm³/mol. The van der Waals surface area contributed by atoms with Gasteiger partial charge in [-0.1, -0.05) is 30.0 Å². The van der Waals surface area contributed by atoms with Crippen LogP contribution in [-0.2, 0) is 0 Å². The third-order valence-electron chi connectivity index (χ3n) is 2.01. The lowest BCUT2D eigenvalue weighted by atomic mass is 10.2. The summed E-state index contributed by atoms with van der Waals surface area (Å²) in [6.45, 7) is 0. The van der Waals surface area contributed by atoms with E-state index in [0.717, 1.165) is 9.92 Å². The zero-order valence-corrected chi connectivity index (χ0v) is 9.37. The van der Waals surface area contributed by atoms with Gasteiger partial charge in [0.1, 0.15) is 10.9 Å². The molecule has 0 fully saturated rings. The summed E-state index contributed by atoms with van der Waals surface area (Å²) in [7, 11) is 0. The highest BCUT2D eigenvalue weighted by Crippen LogP contribution is 2.25. The van der Waals surface area contributed by atoms with Crippen LogP contribution in [0.1, 0.15) is 5.56 Å². The summed E-state index contributed by atoms with van der Waals surface area (Å²) < 4.78 is 0. The standard InChI is InChI=1S/C12H11N3S/c13-12(14)9-6-7-15-11(8-9)16-10-4-2-1-3-5-10/h1-8H,(H3,13,14). The van der Waals surface area contributed by atoms with E-state index < -0.39 is 0 Å². The highest BCUT2D eigenvalue weighted by molar-refractivity contribution is 7.99. The normalized spacial score (nSPS) is 10.0. The van der Waals surface area contributed by atoms with Gasteiger partial charge in [0.15, 0.2) is 0 Å². The van der Waals surface area contributed by atoms with Crippen LogP contribution in [0, 0.1) is 5.41 Å². The minimum Gasteiger partial charge on any atom is -0.384 e. The van der Waals surface area contributed by atoms with Gasteiger partial charge in [0.25, 0.3) is 0 Å². The molecule has 0 unspecified atom stereocenters. The number of hydrogen-bond acceptors (Lipinski definition) is 3. The third kappa shape index (κ3) is 2.61. The van der Waals surface area contributed by atoms with Gasteiger partial charge in [-0.3, -0.25) is 5.41 Å². The number of nitrogen functional groups attached to an aromatic ring is 1. The molecule has 0 spiro atoms. The Morgan fingerprint density at radius 3 is 2.62 bits per heavy atom. The predicted octanol–water partition coefficient (Wildman–Crippen LogP) is 2.52. The van der Waals surface area contributed by atoms with E-state index in [-0.39, 0.29) is 5.84 Å². The van der Waals surface area contributed by atoms with E-state index in [1.54, 1.807) is 24.0 Å². The molecule has 2 rings (SSSR count). The summed E-state index contributed by atoms with van der Waals surface area (Å²) in [4.78, 5) is 5.35. The number of aromatic nitrogens is 1. The van der Waals surface area contributed by atoms with Crippen molar-refractivity contribution in [1.82, 2.24) is 4.98 Å². The van der Waals surface area contributed by atoms with Crippen LogP contribution in [0.25, 0.3) is 0 Å². The molecule has 4 heteroatoms. The fourth-order valence-corrected chi connectivity index (χ4v) is 2.08. The Morgan fingerprint density at radius 1 is 1.19 bits per heavy atom. The molecule has 3 N–H and O–H groups in total. The summed E-state index contributed by atoms with van der Waals surface area (Å²) in [6.07, 6.45) is 1.67. The SMILES string of the molecule is N=C(N)c1ccnc(Sc2ccccc2)c1. The Hall–Kier alpha value is -1.81. The topological polar surface area (TPSA) is 62.8 Å². The van der Waals surface area contributed by atoms with Crippen LogP contribution in [0.3, 0.4) is 0 Å². The minimum absolute atomic E-state index is 0.0670. The Morgan fingerprint density at radius 2 is 1.94 bits per heavy atom. The number of amidine groups is 1. The van der Waals surface area contributed by atoms with Crippen LogP contribution in [-0.4, -0.2) is 10.8 Å². The molecule has 3 nitrogen and oxygen atoms in total. The highest BCUT2D eigenvalue weighted by atomic mass is 32.2. The van der Waals surface area contributed by atoms with Crippen LogP contribution in [0.2, 0.25) is 0 Å². The minimum atomic E-state index is 0.0670. The molecule has 0 radical (unpaired) electrons. The first kappa shape index (κ1) is 10.7. The Balaban J connectivity index is 2.22. The molecule has 80 valence electrons. The van der Waals surface area contributed by atoms with Gasteiger partial charge in [-0.2, -0.15) is 0 Å².